The van der Waals surface area contributed by atoms with E-state index in [2.05, 4.69) is 19.1 Å². The Kier molecular flexibility index (Phi) is 14.1. The number of ether oxygens (including phenoxy) is 2. The molecule has 0 aromatic heterocycles. The Morgan fingerprint density at radius 3 is 2.27 bits per heavy atom. The van der Waals surface area contributed by atoms with E-state index in [0.717, 1.165) is 19.3 Å². The van der Waals surface area contributed by atoms with Crippen LogP contribution in [0.1, 0.15) is 77.6 Å². The van der Waals surface area contributed by atoms with E-state index in [-0.39, 0.29) is 6.61 Å². The van der Waals surface area contributed by atoms with Crippen molar-refractivity contribution >= 4 is 0 Å². The number of hydrogen-bond acceptors (Lipinski definition) is 5. The highest BCUT2D eigenvalue weighted by Crippen LogP contribution is 2.20. The average molecular weight is 373 g/mol. The Hall–Kier alpha value is -0.460. The van der Waals surface area contributed by atoms with E-state index in [1.807, 2.05) is 0 Å². The summed E-state index contributed by atoms with van der Waals surface area (Å²) in [5.74, 6) is 0. The maximum atomic E-state index is 10.0. The van der Waals surface area contributed by atoms with E-state index in [4.69, 9.17) is 14.6 Å². The van der Waals surface area contributed by atoms with Crippen molar-refractivity contribution in [2.45, 2.75) is 102 Å². The first-order chi connectivity index (χ1) is 12.7. The molecule has 26 heavy (non-hydrogen) atoms. The summed E-state index contributed by atoms with van der Waals surface area (Å²) in [6.45, 7) is 2.66. The summed E-state index contributed by atoms with van der Waals surface area (Å²) in [5.41, 5.74) is 0. The van der Waals surface area contributed by atoms with Gasteiger partial charge in [0.15, 0.2) is 0 Å². The summed E-state index contributed by atoms with van der Waals surface area (Å²) in [6, 6.07) is 0. The summed E-state index contributed by atoms with van der Waals surface area (Å²) in [4.78, 5) is 0. The molecule has 1 aliphatic rings. The van der Waals surface area contributed by atoms with Gasteiger partial charge in [-0.3, -0.25) is 0 Å². The fourth-order valence-electron chi connectivity index (χ4n) is 3.27. The lowest BCUT2D eigenvalue weighted by Gasteiger charge is -2.20. The van der Waals surface area contributed by atoms with Gasteiger partial charge in [0.2, 0.25) is 0 Å². The maximum absolute atomic E-state index is 10.0. The van der Waals surface area contributed by atoms with Crippen LogP contribution in [0.25, 0.3) is 0 Å². The van der Waals surface area contributed by atoms with Crippen LogP contribution in [0.2, 0.25) is 0 Å². The lowest BCUT2D eigenvalue weighted by molar-refractivity contribution is -0.0729. The van der Waals surface area contributed by atoms with E-state index in [1.165, 1.54) is 51.4 Å². The molecule has 154 valence electrons. The first-order valence-electron chi connectivity index (χ1n) is 10.6. The Labute approximate surface area is 159 Å². The molecule has 3 N–H and O–H groups in total. The quantitative estimate of drug-likeness (QED) is 0.286. The van der Waals surface area contributed by atoms with Crippen LogP contribution >= 0.6 is 0 Å². The number of allylic oxidation sites excluding steroid dienone is 2. The van der Waals surface area contributed by atoms with Crippen molar-refractivity contribution in [3.8, 4) is 0 Å². The molecule has 0 amide bonds. The second-order valence-corrected chi connectivity index (χ2v) is 7.32. The van der Waals surface area contributed by atoms with Crippen molar-refractivity contribution in [2.24, 2.45) is 0 Å². The first-order valence-corrected chi connectivity index (χ1v) is 10.6. The Morgan fingerprint density at radius 2 is 1.62 bits per heavy atom. The normalized spacial score (nSPS) is 24.5. The molecule has 4 atom stereocenters. The molecule has 5 heteroatoms. The molecule has 0 aromatic carbocycles. The minimum atomic E-state index is -1.06. The molecule has 0 aromatic rings. The molecule has 1 aliphatic heterocycles. The highest BCUT2D eigenvalue weighted by molar-refractivity contribution is 4.89. The van der Waals surface area contributed by atoms with Crippen molar-refractivity contribution in [1.82, 2.24) is 0 Å². The molecule has 0 aliphatic carbocycles. The first kappa shape index (κ1) is 23.6. The molecule has 0 bridgehead atoms. The van der Waals surface area contributed by atoms with Gasteiger partial charge in [0.25, 0.3) is 0 Å². The fourth-order valence-corrected chi connectivity index (χ4v) is 3.27. The van der Waals surface area contributed by atoms with E-state index < -0.39 is 31.0 Å². The molecule has 0 spiro atoms. The molecule has 1 fully saturated rings. The van der Waals surface area contributed by atoms with Gasteiger partial charge in [0.1, 0.15) is 24.4 Å². The standard InChI is InChI=1S/C21H40O5/c1-2-3-4-5-6-7-8-9-10-11-12-13-14-15-25-19-17-26-21(20(19)24)18(23)16-22/h11-12,18-24H,2-10,13-17H2,1H3/b12-11+/t18-,19+,20-,21-/m0/s1. The maximum Gasteiger partial charge on any atom is 0.114 e. The van der Waals surface area contributed by atoms with Crippen LogP contribution in [0, 0.1) is 0 Å². The topological polar surface area (TPSA) is 79.2 Å². The van der Waals surface area contributed by atoms with Crippen LogP contribution in [0.3, 0.4) is 0 Å². The van der Waals surface area contributed by atoms with Crippen LogP contribution in [-0.4, -0.2) is 59.6 Å². The van der Waals surface area contributed by atoms with Gasteiger partial charge in [-0.2, -0.15) is 0 Å². The third kappa shape index (κ3) is 10.0. The van der Waals surface area contributed by atoms with Gasteiger partial charge >= 0.3 is 0 Å². The molecule has 5 nitrogen and oxygen atoms in total. The second kappa shape index (κ2) is 15.6. The largest absolute Gasteiger partial charge is 0.394 e. The summed E-state index contributed by atoms with van der Waals surface area (Å²) >= 11 is 0. The van der Waals surface area contributed by atoms with Crippen molar-refractivity contribution in [3.05, 3.63) is 12.2 Å². The van der Waals surface area contributed by atoms with Gasteiger partial charge in [-0.05, 0) is 25.7 Å². The second-order valence-electron chi connectivity index (χ2n) is 7.32. The number of unbranched alkanes of at least 4 members (excludes halogenated alkanes) is 9. The van der Waals surface area contributed by atoms with Crippen molar-refractivity contribution in [3.63, 3.8) is 0 Å². The lowest BCUT2D eigenvalue weighted by Crippen LogP contribution is -2.41. The van der Waals surface area contributed by atoms with Crippen LogP contribution in [0.5, 0.6) is 0 Å². The van der Waals surface area contributed by atoms with Crippen molar-refractivity contribution in [1.29, 1.82) is 0 Å². The van der Waals surface area contributed by atoms with Gasteiger partial charge in [-0.15, -0.1) is 0 Å². The van der Waals surface area contributed by atoms with Crippen LogP contribution < -0.4 is 0 Å². The van der Waals surface area contributed by atoms with E-state index in [1.54, 1.807) is 0 Å². The third-order valence-corrected chi connectivity index (χ3v) is 4.97. The zero-order valence-electron chi connectivity index (χ0n) is 16.5. The summed E-state index contributed by atoms with van der Waals surface area (Å²) in [6.07, 6.45) is 15.3. The Bertz CT molecular complexity index is 347. The Morgan fingerprint density at radius 1 is 1.00 bits per heavy atom. The Balaban J connectivity index is 1.91. The molecule has 0 unspecified atom stereocenters. The van der Waals surface area contributed by atoms with E-state index in [0.29, 0.717) is 6.61 Å². The molecule has 0 saturated carbocycles. The molecular weight excluding hydrogens is 332 g/mol. The van der Waals surface area contributed by atoms with E-state index in [9.17, 15) is 10.2 Å². The number of hydrogen-bond donors (Lipinski definition) is 3. The van der Waals surface area contributed by atoms with Gasteiger partial charge in [-0.1, -0.05) is 64.0 Å². The summed E-state index contributed by atoms with van der Waals surface area (Å²) in [5, 5.41) is 28.5. The molecule has 1 heterocycles. The SMILES string of the molecule is CCCCCCCCCC/C=C/CCCO[C@@H]1CO[C@@H]([C@@H](O)CO)[C@H]1O. The summed E-state index contributed by atoms with van der Waals surface area (Å²) < 4.78 is 10.9. The van der Waals surface area contributed by atoms with Crippen molar-refractivity contribution < 1.29 is 24.8 Å². The monoisotopic (exact) mass is 372 g/mol. The fraction of sp³-hybridized carbons (Fsp3) is 0.905. The van der Waals surface area contributed by atoms with Gasteiger partial charge in [0.05, 0.1) is 13.2 Å². The molecule has 1 rings (SSSR count). The van der Waals surface area contributed by atoms with Crippen LogP contribution in [0.15, 0.2) is 12.2 Å². The average Bonchev–Trinajstić information content (AvgIpc) is 3.02. The number of aliphatic hydroxyl groups excluding tert-OH is 3. The zero-order chi connectivity index (χ0) is 19.0. The molecular formula is C21H40O5. The lowest BCUT2D eigenvalue weighted by atomic mass is 10.1. The minimum absolute atomic E-state index is 0.261. The molecule has 1 saturated heterocycles. The van der Waals surface area contributed by atoms with Crippen LogP contribution in [-0.2, 0) is 9.47 Å². The van der Waals surface area contributed by atoms with Crippen LogP contribution in [0.4, 0.5) is 0 Å². The van der Waals surface area contributed by atoms with Crippen molar-refractivity contribution in [2.75, 3.05) is 19.8 Å². The van der Waals surface area contributed by atoms with Gasteiger partial charge in [-0.25, -0.2) is 0 Å². The van der Waals surface area contributed by atoms with Gasteiger partial charge in [0, 0.05) is 6.61 Å². The number of aliphatic hydroxyl groups is 3. The van der Waals surface area contributed by atoms with Gasteiger partial charge < -0.3 is 24.8 Å². The minimum Gasteiger partial charge on any atom is -0.394 e. The highest BCUT2D eigenvalue weighted by atomic mass is 16.6. The number of rotatable bonds is 16. The smallest absolute Gasteiger partial charge is 0.114 e. The third-order valence-electron chi connectivity index (χ3n) is 4.97. The highest BCUT2D eigenvalue weighted by Gasteiger charge is 2.40. The predicted octanol–water partition coefficient (Wildman–Crippen LogP) is 3.35. The summed E-state index contributed by atoms with van der Waals surface area (Å²) in [7, 11) is 0. The zero-order valence-corrected chi connectivity index (χ0v) is 16.5. The molecule has 0 radical (unpaired) electrons. The van der Waals surface area contributed by atoms with E-state index >= 15 is 0 Å². The predicted molar refractivity (Wildman–Crippen MR) is 104 cm³/mol.